The molecule has 0 spiro atoms. The SMILES string of the molecule is CN(C=O)/N=C(\C(=O)N(C)C)N1CCN(C(=O)c2ccccc2C(F)(F)F)C(=O)C1. The van der Waals surface area contributed by atoms with Crippen LogP contribution in [0.1, 0.15) is 15.9 Å². The molecule has 1 aliphatic rings. The number of halogens is 3. The van der Waals surface area contributed by atoms with Gasteiger partial charge in [-0.15, -0.1) is 5.10 Å². The van der Waals surface area contributed by atoms with E-state index in [1.54, 1.807) is 0 Å². The summed E-state index contributed by atoms with van der Waals surface area (Å²) in [6.07, 6.45) is -4.40. The van der Waals surface area contributed by atoms with Crippen LogP contribution in [0.25, 0.3) is 0 Å². The van der Waals surface area contributed by atoms with Crippen LogP contribution in [0.3, 0.4) is 0 Å². The van der Waals surface area contributed by atoms with Crippen molar-refractivity contribution in [3.05, 3.63) is 35.4 Å². The Kier molecular flexibility index (Phi) is 6.80. The first kappa shape index (κ1) is 22.8. The number of alkyl halides is 3. The first-order chi connectivity index (χ1) is 14.0. The number of benzene rings is 1. The number of piperazine rings is 1. The van der Waals surface area contributed by atoms with E-state index >= 15 is 0 Å². The first-order valence-electron chi connectivity index (χ1n) is 8.71. The van der Waals surface area contributed by atoms with E-state index in [1.807, 2.05) is 0 Å². The molecule has 9 nitrogen and oxygen atoms in total. The zero-order valence-electron chi connectivity index (χ0n) is 16.5. The molecule has 2 rings (SSSR count). The fraction of sp³-hybridized carbons (Fsp3) is 0.389. The largest absolute Gasteiger partial charge is 0.417 e. The van der Waals surface area contributed by atoms with Gasteiger partial charge in [0.05, 0.1) is 17.7 Å². The zero-order valence-corrected chi connectivity index (χ0v) is 16.5. The van der Waals surface area contributed by atoms with E-state index in [0.717, 1.165) is 23.2 Å². The van der Waals surface area contributed by atoms with E-state index in [4.69, 9.17) is 0 Å². The maximum absolute atomic E-state index is 13.2. The number of hydrogen-bond donors (Lipinski definition) is 0. The van der Waals surface area contributed by atoms with Crippen molar-refractivity contribution in [1.82, 2.24) is 19.7 Å². The van der Waals surface area contributed by atoms with Crippen molar-refractivity contribution in [2.24, 2.45) is 5.10 Å². The third kappa shape index (κ3) is 4.93. The molecule has 30 heavy (non-hydrogen) atoms. The normalized spacial score (nSPS) is 15.1. The van der Waals surface area contributed by atoms with Crippen LogP contribution >= 0.6 is 0 Å². The molecule has 12 heteroatoms. The number of carbonyl (C=O) groups excluding carboxylic acids is 4. The Morgan fingerprint density at radius 2 is 1.77 bits per heavy atom. The van der Waals surface area contributed by atoms with Gasteiger partial charge >= 0.3 is 6.18 Å². The first-order valence-corrected chi connectivity index (χ1v) is 8.71. The Morgan fingerprint density at radius 3 is 2.30 bits per heavy atom. The lowest BCUT2D eigenvalue weighted by molar-refractivity contribution is -0.139. The molecule has 0 aromatic heterocycles. The average Bonchev–Trinajstić information content (AvgIpc) is 2.70. The van der Waals surface area contributed by atoms with Crippen LogP contribution in [-0.2, 0) is 20.6 Å². The second-order valence-corrected chi connectivity index (χ2v) is 6.62. The summed E-state index contributed by atoms with van der Waals surface area (Å²) < 4.78 is 39.6. The number of nitrogens with zero attached hydrogens (tertiary/aromatic N) is 5. The molecule has 0 bridgehead atoms. The van der Waals surface area contributed by atoms with E-state index in [2.05, 4.69) is 5.10 Å². The molecule has 1 aromatic rings. The molecule has 0 radical (unpaired) electrons. The Hall–Kier alpha value is -3.44. The van der Waals surface area contributed by atoms with Gasteiger partial charge in [0.1, 0.15) is 0 Å². The minimum absolute atomic E-state index is 0.0449. The van der Waals surface area contributed by atoms with Crippen molar-refractivity contribution < 1.29 is 32.3 Å². The van der Waals surface area contributed by atoms with Crippen LogP contribution < -0.4 is 0 Å². The summed E-state index contributed by atoms with van der Waals surface area (Å²) in [4.78, 5) is 51.6. The van der Waals surface area contributed by atoms with Crippen LogP contribution in [0.15, 0.2) is 29.4 Å². The molecule has 1 aromatic carbocycles. The molecule has 4 amide bonds. The summed E-state index contributed by atoms with van der Waals surface area (Å²) in [6.45, 7) is -0.768. The fourth-order valence-electron chi connectivity index (χ4n) is 2.75. The number of rotatable bonds is 3. The van der Waals surface area contributed by atoms with E-state index in [9.17, 15) is 32.3 Å². The van der Waals surface area contributed by atoms with E-state index < -0.39 is 41.6 Å². The van der Waals surface area contributed by atoms with Crippen molar-refractivity contribution >= 4 is 30.0 Å². The third-order valence-electron chi connectivity index (χ3n) is 4.23. The summed E-state index contributed by atoms with van der Waals surface area (Å²) in [5, 5.41) is 4.71. The second-order valence-electron chi connectivity index (χ2n) is 6.62. The van der Waals surface area contributed by atoms with Gasteiger partial charge in [0.15, 0.2) is 0 Å². The van der Waals surface area contributed by atoms with Gasteiger partial charge in [-0.25, -0.2) is 5.01 Å². The van der Waals surface area contributed by atoms with Crippen molar-refractivity contribution in [3.63, 3.8) is 0 Å². The summed E-state index contributed by atoms with van der Waals surface area (Å²) in [6, 6.07) is 4.20. The Labute approximate surface area is 170 Å². The molecule has 0 saturated carbocycles. The monoisotopic (exact) mass is 427 g/mol. The number of amidine groups is 1. The van der Waals surface area contributed by atoms with Gasteiger partial charge in [-0.2, -0.15) is 13.2 Å². The van der Waals surface area contributed by atoms with Crippen LogP contribution in [0, 0.1) is 0 Å². The Bertz CT molecular complexity index is 885. The number of imide groups is 1. The van der Waals surface area contributed by atoms with Gasteiger partial charge in [0, 0.05) is 34.2 Å². The van der Waals surface area contributed by atoms with Crippen molar-refractivity contribution in [2.45, 2.75) is 6.18 Å². The number of hydrogen-bond acceptors (Lipinski definition) is 5. The highest BCUT2D eigenvalue weighted by atomic mass is 19.4. The smallest absolute Gasteiger partial charge is 0.342 e. The predicted octanol–water partition coefficient (Wildman–Crippen LogP) is 0.480. The highest BCUT2D eigenvalue weighted by Crippen LogP contribution is 2.32. The number of likely N-dealkylation sites (N-methyl/N-ethyl adjacent to an activating group) is 1. The third-order valence-corrected chi connectivity index (χ3v) is 4.23. The maximum Gasteiger partial charge on any atom is 0.417 e. The quantitative estimate of drug-likeness (QED) is 0.230. The van der Waals surface area contributed by atoms with Gasteiger partial charge in [-0.05, 0) is 12.1 Å². The lowest BCUT2D eigenvalue weighted by Crippen LogP contribution is -2.57. The van der Waals surface area contributed by atoms with Crippen LogP contribution in [-0.4, -0.2) is 90.5 Å². The minimum Gasteiger partial charge on any atom is -0.342 e. The molecule has 0 unspecified atom stereocenters. The molecule has 0 aliphatic carbocycles. The molecule has 0 N–H and O–H groups in total. The average molecular weight is 427 g/mol. The zero-order chi connectivity index (χ0) is 22.6. The predicted molar refractivity (Wildman–Crippen MR) is 99.0 cm³/mol. The maximum atomic E-state index is 13.2. The van der Waals surface area contributed by atoms with Crippen LogP contribution in [0.2, 0.25) is 0 Å². The summed E-state index contributed by atoms with van der Waals surface area (Å²) in [5.41, 5.74) is -1.77. The molecule has 1 fully saturated rings. The van der Waals surface area contributed by atoms with Crippen molar-refractivity contribution in [3.8, 4) is 0 Å². The van der Waals surface area contributed by atoms with Gasteiger partial charge < -0.3 is 9.80 Å². The number of hydrazone groups is 1. The van der Waals surface area contributed by atoms with E-state index in [1.165, 1.54) is 37.0 Å². The highest BCUT2D eigenvalue weighted by Gasteiger charge is 2.39. The van der Waals surface area contributed by atoms with Crippen molar-refractivity contribution in [2.75, 3.05) is 40.8 Å². The molecule has 0 atom stereocenters. The second kappa shape index (κ2) is 8.93. The molecular formula is C18H20F3N5O4. The topological polar surface area (TPSA) is 93.6 Å². The van der Waals surface area contributed by atoms with Crippen LogP contribution in [0.4, 0.5) is 13.2 Å². The molecule has 1 saturated heterocycles. The van der Waals surface area contributed by atoms with Crippen LogP contribution in [0.5, 0.6) is 0 Å². The summed E-state index contributed by atoms with van der Waals surface area (Å²) in [7, 11) is 4.20. The lowest BCUT2D eigenvalue weighted by Gasteiger charge is -2.35. The van der Waals surface area contributed by atoms with Gasteiger partial charge in [-0.3, -0.25) is 24.1 Å². The molecule has 1 aliphatic heterocycles. The molecule has 162 valence electrons. The van der Waals surface area contributed by atoms with Gasteiger partial charge in [0.25, 0.3) is 11.8 Å². The number of amides is 4. The molecule has 1 heterocycles. The Morgan fingerprint density at radius 1 is 1.13 bits per heavy atom. The lowest BCUT2D eigenvalue weighted by atomic mass is 10.1. The fourth-order valence-corrected chi connectivity index (χ4v) is 2.75. The number of carbonyl (C=O) groups is 4. The van der Waals surface area contributed by atoms with E-state index in [-0.39, 0.29) is 18.9 Å². The van der Waals surface area contributed by atoms with Gasteiger partial charge in [0.2, 0.25) is 18.2 Å². The molecular weight excluding hydrogens is 407 g/mol. The summed E-state index contributed by atoms with van der Waals surface area (Å²) in [5.74, 6) is -2.66. The standard InChI is InChI=1S/C18H20F3N5O4/c1-23(2)17(30)15(22-24(3)11-27)25-8-9-26(14(28)10-25)16(29)12-6-4-5-7-13(12)18(19,20)21/h4-7,11H,8-10H2,1-3H3/b22-15+. The highest BCUT2D eigenvalue weighted by molar-refractivity contribution is 6.37. The summed E-state index contributed by atoms with van der Waals surface area (Å²) >= 11 is 0. The van der Waals surface area contributed by atoms with Gasteiger partial charge in [-0.1, -0.05) is 12.1 Å². The Balaban J connectivity index is 2.27. The van der Waals surface area contributed by atoms with Crippen molar-refractivity contribution in [1.29, 1.82) is 0 Å². The van der Waals surface area contributed by atoms with E-state index in [0.29, 0.717) is 11.3 Å². The minimum atomic E-state index is -4.76.